The lowest BCUT2D eigenvalue weighted by Gasteiger charge is -2.14. The second kappa shape index (κ2) is 4.23. The summed E-state index contributed by atoms with van der Waals surface area (Å²) in [7, 11) is 0. The van der Waals surface area contributed by atoms with Crippen molar-refractivity contribution in [3.63, 3.8) is 0 Å². The fourth-order valence-electron chi connectivity index (χ4n) is 1.47. The van der Waals surface area contributed by atoms with Gasteiger partial charge >= 0.3 is 6.18 Å². The third-order valence-electron chi connectivity index (χ3n) is 2.42. The van der Waals surface area contributed by atoms with Gasteiger partial charge in [-0.2, -0.15) is 13.2 Å². The molecule has 1 aromatic carbocycles. The molecular weight excluding hydrogens is 203 g/mol. The minimum atomic E-state index is -4.28. The van der Waals surface area contributed by atoms with Crippen LogP contribution in [0.5, 0.6) is 0 Å². The number of rotatable bonds is 2. The average molecular weight is 217 g/mol. The number of aryl methyl sites for hydroxylation is 1. The molecule has 0 saturated heterocycles. The van der Waals surface area contributed by atoms with E-state index in [4.69, 9.17) is 5.73 Å². The van der Waals surface area contributed by atoms with Crippen molar-refractivity contribution >= 4 is 0 Å². The van der Waals surface area contributed by atoms with Gasteiger partial charge < -0.3 is 5.73 Å². The molecule has 0 aliphatic carbocycles. The highest BCUT2D eigenvalue weighted by molar-refractivity contribution is 5.34. The molecule has 84 valence electrons. The van der Waals surface area contributed by atoms with E-state index in [0.717, 1.165) is 11.6 Å². The van der Waals surface area contributed by atoms with E-state index in [-0.39, 0.29) is 11.6 Å². The van der Waals surface area contributed by atoms with Crippen LogP contribution < -0.4 is 5.73 Å². The quantitative estimate of drug-likeness (QED) is 0.807. The molecule has 0 radical (unpaired) electrons. The molecule has 0 bridgehead atoms. The Balaban J connectivity index is 3.09. The zero-order valence-electron chi connectivity index (χ0n) is 8.73. The summed E-state index contributed by atoms with van der Waals surface area (Å²) in [6, 6.07) is 3.87. The fourth-order valence-corrected chi connectivity index (χ4v) is 1.47. The molecule has 1 atom stereocenters. The first-order valence-electron chi connectivity index (χ1n) is 4.79. The third kappa shape index (κ3) is 2.72. The number of alkyl halides is 3. The van der Waals surface area contributed by atoms with Gasteiger partial charge in [0.2, 0.25) is 0 Å². The van der Waals surface area contributed by atoms with Crippen molar-refractivity contribution in [2.24, 2.45) is 5.73 Å². The minimum absolute atomic E-state index is 0.189. The van der Waals surface area contributed by atoms with Crippen molar-refractivity contribution in [3.05, 3.63) is 34.9 Å². The van der Waals surface area contributed by atoms with Crippen LogP contribution in [-0.2, 0) is 6.18 Å². The van der Waals surface area contributed by atoms with Crippen LogP contribution in [0, 0.1) is 6.92 Å². The molecule has 0 aliphatic rings. The van der Waals surface area contributed by atoms with Crippen molar-refractivity contribution in [3.8, 4) is 0 Å². The minimum Gasteiger partial charge on any atom is -0.324 e. The number of benzene rings is 1. The molecule has 0 saturated carbocycles. The maximum Gasteiger partial charge on any atom is 0.416 e. The van der Waals surface area contributed by atoms with Crippen LogP contribution in [0.1, 0.15) is 36.1 Å². The van der Waals surface area contributed by atoms with Gasteiger partial charge in [0.15, 0.2) is 0 Å². The second-order valence-electron chi connectivity index (χ2n) is 3.59. The van der Waals surface area contributed by atoms with E-state index in [1.54, 1.807) is 0 Å². The van der Waals surface area contributed by atoms with Crippen LogP contribution in [0.25, 0.3) is 0 Å². The van der Waals surface area contributed by atoms with Crippen molar-refractivity contribution in [2.45, 2.75) is 32.5 Å². The smallest absolute Gasteiger partial charge is 0.324 e. The fraction of sp³-hybridized carbons (Fsp3) is 0.455. The van der Waals surface area contributed by atoms with Gasteiger partial charge in [0.1, 0.15) is 0 Å². The zero-order chi connectivity index (χ0) is 11.6. The monoisotopic (exact) mass is 217 g/mol. The second-order valence-corrected chi connectivity index (χ2v) is 3.59. The Morgan fingerprint density at radius 3 is 2.33 bits per heavy atom. The predicted molar refractivity (Wildman–Crippen MR) is 53.4 cm³/mol. The van der Waals surface area contributed by atoms with Crippen LogP contribution in [0.4, 0.5) is 13.2 Å². The summed E-state index contributed by atoms with van der Waals surface area (Å²) in [4.78, 5) is 0. The lowest BCUT2D eigenvalue weighted by atomic mass is 9.99. The van der Waals surface area contributed by atoms with Crippen LogP contribution in [-0.4, -0.2) is 0 Å². The lowest BCUT2D eigenvalue weighted by Crippen LogP contribution is -2.12. The van der Waals surface area contributed by atoms with Crippen molar-refractivity contribution in [1.29, 1.82) is 0 Å². The van der Waals surface area contributed by atoms with Gasteiger partial charge in [0.25, 0.3) is 0 Å². The maximum atomic E-state index is 12.4. The molecule has 1 unspecified atom stereocenters. The predicted octanol–water partition coefficient (Wildman–Crippen LogP) is 3.42. The first-order chi connectivity index (χ1) is 6.86. The summed E-state index contributed by atoms with van der Waals surface area (Å²) in [5.74, 6) is 0. The summed E-state index contributed by atoms with van der Waals surface area (Å²) >= 11 is 0. The van der Waals surface area contributed by atoms with E-state index < -0.39 is 11.7 Å². The molecule has 0 aromatic heterocycles. The van der Waals surface area contributed by atoms with E-state index in [2.05, 4.69) is 0 Å². The summed E-state index contributed by atoms with van der Waals surface area (Å²) in [5.41, 5.74) is 6.13. The largest absolute Gasteiger partial charge is 0.416 e. The topological polar surface area (TPSA) is 26.0 Å². The molecule has 0 spiro atoms. The molecule has 2 N–H and O–H groups in total. The Morgan fingerprint density at radius 1 is 1.33 bits per heavy atom. The molecule has 1 rings (SSSR count). The molecule has 15 heavy (non-hydrogen) atoms. The molecule has 4 heteroatoms. The van der Waals surface area contributed by atoms with Gasteiger partial charge in [-0.3, -0.25) is 0 Å². The van der Waals surface area contributed by atoms with Crippen molar-refractivity contribution < 1.29 is 13.2 Å². The number of nitrogens with two attached hydrogens (primary N) is 1. The SMILES string of the molecule is CCC(N)c1ccc(C(F)(F)F)c(C)c1. The van der Waals surface area contributed by atoms with Crippen LogP contribution in [0.15, 0.2) is 18.2 Å². The van der Waals surface area contributed by atoms with Gasteiger partial charge in [-0.15, -0.1) is 0 Å². The molecule has 0 amide bonds. The average Bonchev–Trinajstić information content (AvgIpc) is 2.14. The number of hydrogen-bond donors (Lipinski definition) is 1. The summed E-state index contributed by atoms with van der Waals surface area (Å²) < 4.78 is 37.3. The highest BCUT2D eigenvalue weighted by Crippen LogP contribution is 2.32. The highest BCUT2D eigenvalue weighted by Gasteiger charge is 2.32. The highest BCUT2D eigenvalue weighted by atomic mass is 19.4. The third-order valence-corrected chi connectivity index (χ3v) is 2.42. The molecule has 0 heterocycles. The first-order valence-corrected chi connectivity index (χ1v) is 4.79. The Hall–Kier alpha value is -1.03. The maximum absolute atomic E-state index is 12.4. The van der Waals surface area contributed by atoms with E-state index in [9.17, 15) is 13.2 Å². The van der Waals surface area contributed by atoms with Gasteiger partial charge in [-0.05, 0) is 30.5 Å². The molecule has 1 aromatic rings. The molecular formula is C11H14F3N. The van der Waals surface area contributed by atoms with E-state index in [1.807, 2.05) is 6.92 Å². The van der Waals surface area contributed by atoms with Gasteiger partial charge in [0.05, 0.1) is 5.56 Å². The Morgan fingerprint density at radius 2 is 1.93 bits per heavy atom. The normalized spacial score (nSPS) is 14.0. The van der Waals surface area contributed by atoms with Gasteiger partial charge in [-0.25, -0.2) is 0 Å². The standard InChI is InChI=1S/C11H14F3N/c1-3-10(15)8-4-5-9(7(2)6-8)11(12,13)14/h4-6,10H,3,15H2,1-2H3. The Labute approximate surface area is 87.1 Å². The number of hydrogen-bond acceptors (Lipinski definition) is 1. The van der Waals surface area contributed by atoms with Crippen molar-refractivity contribution in [2.75, 3.05) is 0 Å². The summed E-state index contributed by atoms with van der Waals surface area (Å²) in [6.07, 6.45) is -3.57. The lowest BCUT2D eigenvalue weighted by molar-refractivity contribution is -0.138. The first kappa shape index (κ1) is 12.0. The number of halogens is 3. The summed E-state index contributed by atoms with van der Waals surface area (Å²) in [6.45, 7) is 3.35. The summed E-state index contributed by atoms with van der Waals surface area (Å²) in [5, 5.41) is 0. The van der Waals surface area contributed by atoms with Crippen LogP contribution >= 0.6 is 0 Å². The Bertz CT molecular complexity index is 344. The van der Waals surface area contributed by atoms with Gasteiger partial charge in [0, 0.05) is 6.04 Å². The molecule has 0 fully saturated rings. The zero-order valence-corrected chi connectivity index (χ0v) is 8.73. The van der Waals surface area contributed by atoms with Crippen LogP contribution in [0.2, 0.25) is 0 Å². The van der Waals surface area contributed by atoms with Gasteiger partial charge in [-0.1, -0.05) is 19.1 Å². The van der Waals surface area contributed by atoms with E-state index in [0.29, 0.717) is 6.42 Å². The molecule has 0 aliphatic heterocycles. The van der Waals surface area contributed by atoms with Crippen molar-refractivity contribution in [1.82, 2.24) is 0 Å². The molecule has 1 nitrogen and oxygen atoms in total. The van der Waals surface area contributed by atoms with E-state index in [1.165, 1.54) is 19.1 Å². The van der Waals surface area contributed by atoms with E-state index >= 15 is 0 Å². The van der Waals surface area contributed by atoms with Crippen LogP contribution in [0.3, 0.4) is 0 Å². The Kier molecular flexibility index (Phi) is 3.39.